The molecule has 0 radical (unpaired) electrons. The third-order valence-corrected chi connectivity index (χ3v) is 3.57. The van der Waals surface area contributed by atoms with E-state index in [2.05, 4.69) is 51.4 Å². The lowest BCUT2D eigenvalue weighted by Gasteiger charge is -2.30. The van der Waals surface area contributed by atoms with Crippen molar-refractivity contribution in [3.8, 4) is 0 Å². The summed E-state index contributed by atoms with van der Waals surface area (Å²) < 4.78 is 1.11. The molecule has 0 aromatic heterocycles. The van der Waals surface area contributed by atoms with Crippen LogP contribution in [0.2, 0.25) is 0 Å². The van der Waals surface area contributed by atoms with Crippen LogP contribution >= 0.6 is 0 Å². The number of benzene rings is 1. The summed E-state index contributed by atoms with van der Waals surface area (Å²) in [4.78, 5) is 0. The number of rotatable bonds is 9. The van der Waals surface area contributed by atoms with Gasteiger partial charge in [-0.15, -0.1) is 0 Å². The number of halogens is 1. The molecule has 1 rings (SSSR count). The molecule has 0 aliphatic carbocycles. The number of hydrogen-bond acceptors (Lipinski definition) is 0. The number of quaternary nitrogens is 1. The molecule has 0 N–H and O–H groups in total. The molecular weight excluding hydrogens is 237 g/mol. The van der Waals surface area contributed by atoms with Crippen LogP contribution in [-0.2, 0) is 6.54 Å². The van der Waals surface area contributed by atoms with Gasteiger partial charge in [0.25, 0.3) is 0 Å². The summed E-state index contributed by atoms with van der Waals surface area (Å²) in [5, 5.41) is 0. The van der Waals surface area contributed by atoms with Crippen molar-refractivity contribution in [3.05, 3.63) is 35.9 Å². The Kier molecular flexibility index (Phi) is 9.50. The second-order valence-corrected chi connectivity index (χ2v) is 6.07. The Morgan fingerprint density at radius 1 is 0.842 bits per heavy atom. The van der Waals surface area contributed by atoms with Gasteiger partial charge in [-0.05, 0) is 12.8 Å². The van der Waals surface area contributed by atoms with Crippen LogP contribution in [0.1, 0.15) is 51.0 Å². The maximum atomic E-state index is 2.35. The molecule has 0 heterocycles. The Balaban J connectivity index is 0.00000324. The average Bonchev–Trinajstić information content (AvgIpc) is 2.34. The molecule has 1 aromatic rings. The summed E-state index contributed by atoms with van der Waals surface area (Å²) in [5.74, 6) is 0. The zero-order chi connectivity index (χ0) is 13.3. The first-order valence-corrected chi connectivity index (χ1v) is 7.50. The van der Waals surface area contributed by atoms with Gasteiger partial charge in [-0.25, -0.2) is 0 Å². The van der Waals surface area contributed by atoms with Crippen LogP contribution in [0.5, 0.6) is 0 Å². The van der Waals surface area contributed by atoms with Crippen molar-refractivity contribution < 1.29 is 9.19 Å². The molecule has 0 amide bonds. The number of nitrogens with zero attached hydrogens (tertiary/aromatic N) is 1. The van der Waals surface area contributed by atoms with Crippen molar-refractivity contribution in [2.75, 3.05) is 20.6 Å². The lowest BCUT2D eigenvalue weighted by molar-refractivity contribution is -0.903. The van der Waals surface area contributed by atoms with Crippen molar-refractivity contribution in [2.45, 2.75) is 52.0 Å². The van der Waals surface area contributed by atoms with Crippen LogP contribution in [0.3, 0.4) is 0 Å². The van der Waals surface area contributed by atoms with Gasteiger partial charge in [0.2, 0.25) is 0 Å². The quantitative estimate of drug-likeness (QED) is 0.471. The van der Waals surface area contributed by atoms with Gasteiger partial charge >= 0.3 is 0 Å². The second kappa shape index (κ2) is 9.96. The van der Waals surface area contributed by atoms with Gasteiger partial charge in [-0.1, -0.05) is 62.9 Å². The summed E-state index contributed by atoms with van der Waals surface area (Å²) in [5.41, 5.74) is 1.45. The summed E-state index contributed by atoms with van der Waals surface area (Å²) in [6.07, 6.45) is 8.35. The molecule has 1 nitrogen and oxygen atoms in total. The Bertz CT molecular complexity index is 308. The number of hydrogen-bond donors (Lipinski definition) is 0. The molecule has 0 aliphatic rings. The highest BCUT2D eigenvalue weighted by molar-refractivity contribution is 5.13. The lowest BCUT2D eigenvalue weighted by Crippen LogP contribution is -3.00. The molecule has 19 heavy (non-hydrogen) atoms. The van der Waals surface area contributed by atoms with Crippen molar-refractivity contribution >= 4 is 0 Å². The third-order valence-electron chi connectivity index (χ3n) is 3.57. The van der Waals surface area contributed by atoms with E-state index in [1.165, 1.54) is 50.6 Å². The van der Waals surface area contributed by atoms with Crippen LogP contribution < -0.4 is 4.70 Å². The van der Waals surface area contributed by atoms with Crippen molar-refractivity contribution in [2.24, 2.45) is 0 Å². The summed E-state index contributed by atoms with van der Waals surface area (Å²) in [6.45, 7) is 4.72. The molecule has 0 atom stereocenters. The van der Waals surface area contributed by atoms with Gasteiger partial charge < -0.3 is 9.19 Å². The molecule has 0 aliphatic heterocycles. The lowest BCUT2D eigenvalue weighted by atomic mass is 10.1. The Hall–Kier alpha value is -0.890. The molecule has 0 spiro atoms. The monoisotopic (exact) mass is 267 g/mol. The molecule has 110 valence electrons. The van der Waals surface area contributed by atoms with Crippen LogP contribution in [0, 0.1) is 0 Å². The van der Waals surface area contributed by atoms with Crippen molar-refractivity contribution in [1.29, 1.82) is 0 Å². The standard InChI is InChI=1S/C17H30N.FH/c1-4-5-6-7-8-12-15-18(2,3)16-17-13-10-9-11-14-17;/h9-11,13-14H,4-8,12,15-16H2,1-3H3;1H/q+1;/p-1. The molecule has 1 aromatic carbocycles. The van der Waals surface area contributed by atoms with Crippen molar-refractivity contribution in [3.63, 3.8) is 0 Å². The van der Waals surface area contributed by atoms with Gasteiger partial charge in [0.1, 0.15) is 6.54 Å². The van der Waals surface area contributed by atoms with E-state index in [0.29, 0.717) is 0 Å². The predicted molar refractivity (Wildman–Crippen MR) is 80.5 cm³/mol. The first-order valence-electron chi connectivity index (χ1n) is 7.50. The highest BCUT2D eigenvalue weighted by Gasteiger charge is 2.14. The van der Waals surface area contributed by atoms with E-state index in [-0.39, 0.29) is 4.70 Å². The van der Waals surface area contributed by atoms with Gasteiger partial charge in [0, 0.05) is 5.56 Å². The van der Waals surface area contributed by atoms with Crippen LogP contribution in [0.4, 0.5) is 0 Å². The zero-order valence-corrected chi connectivity index (χ0v) is 12.9. The maximum Gasteiger partial charge on any atom is 0.104 e. The molecule has 0 saturated heterocycles. The molecule has 0 saturated carbocycles. The number of unbranched alkanes of at least 4 members (excludes halogenated alkanes) is 5. The minimum Gasteiger partial charge on any atom is -1.00 e. The van der Waals surface area contributed by atoms with E-state index in [1.807, 2.05) is 0 Å². The van der Waals surface area contributed by atoms with Gasteiger partial charge in [0.15, 0.2) is 0 Å². The Morgan fingerprint density at radius 3 is 2.05 bits per heavy atom. The highest BCUT2D eigenvalue weighted by Crippen LogP contribution is 2.12. The van der Waals surface area contributed by atoms with E-state index in [0.717, 1.165) is 11.0 Å². The topological polar surface area (TPSA) is 0 Å². The van der Waals surface area contributed by atoms with E-state index in [9.17, 15) is 0 Å². The maximum absolute atomic E-state index is 2.35. The highest BCUT2D eigenvalue weighted by atomic mass is 19.0. The van der Waals surface area contributed by atoms with E-state index in [1.54, 1.807) is 0 Å². The fourth-order valence-electron chi connectivity index (χ4n) is 2.48. The smallest absolute Gasteiger partial charge is 0.104 e. The third kappa shape index (κ3) is 8.77. The van der Waals surface area contributed by atoms with Crippen LogP contribution in [-0.4, -0.2) is 25.1 Å². The fraction of sp³-hybridized carbons (Fsp3) is 0.647. The molecule has 0 unspecified atom stereocenters. The molecule has 0 fully saturated rings. The first-order chi connectivity index (χ1) is 8.64. The average molecular weight is 267 g/mol. The Labute approximate surface area is 118 Å². The Morgan fingerprint density at radius 2 is 1.42 bits per heavy atom. The van der Waals surface area contributed by atoms with Gasteiger partial charge in [0.05, 0.1) is 20.6 Å². The van der Waals surface area contributed by atoms with E-state index >= 15 is 0 Å². The van der Waals surface area contributed by atoms with Gasteiger partial charge in [-0.3, -0.25) is 0 Å². The first kappa shape index (κ1) is 18.1. The largest absolute Gasteiger partial charge is 1.00 e. The second-order valence-electron chi connectivity index (χ2n) is 6.07. The summed E-state index contributed by atoms with van der Waals surface area (Å²) in [6, 6.07) is 10.8. The van der Waals surface area contributed by atoms with E-state index < -0.39 is 0 Å². The summed E-state index contributed by atoms with van der Waals surface area (Å²) >= 11 is 0. The zero-order valence-electron chi connectivity index (χ0n) is 12.9. The molecular formula is C17H30FN. The minimum atomic E-state index is 0. The van der Waals surface area contributed by atoms with Crippen molar-refractivity contribution in [1.82, 2.24) is 0 Å². The summed E-state index contributed by atoms with van der Waals surface area (Å²) in [7, 11) is 4.69. The SMILES string of the molecule is CCCCCCCC[N+](C)(C)Cc1ccccc1.[F-]. The fourth-order valence-corrected chi connectivity index (χ4v) is 2.48. The molecule has 0 bridgehead atoms. The minimum absolute atomic E-state index is 0. The predicted octanol–water partition coefficient (Wildman–Crippen LogP) is 1.63. The van der Waals surface area contributed by atoms with Gasteiger partial charge in [-0.2, -0.15) is 0 Å². The van der Waals surface area contributed by atoms with Crippen LogP contribution in [0.15, 0.2) is 30.3 Å². The normalized spacial score (nSPS) is 11.1. The molecule has 2 heteroatoms. The van der Waals surface area contributed by atoms with E-state index in [4.69, 9.17) is 0 Å². The van der Waals surface area contributed by atoms with Crippen LogP contribution in [0.25, 0.3) is 0 Å².